The number of hydrogen-bond donors (Lipinski definition) is 1. The maximum Gasteiger partial charge on any atom is 0.337 e. The van der Waals surface area contributed by atoms with Gasteiger partial charge in [0.2, 0.25) is 0 Å². The maximum absolute atomic E-state index is 11.8. The first kappa shape index (κ1) is 23.6. The number of rotatable bonds is 9. The van der Waals surface area contributed by atoms with E-state index in [1.165, 1.54) is 56.8 Å². The third-order valence-corrected chi connectivity index (χ3v) is 7.08. The number of benzene rings is 3. The van der Waals surface area contributed by atoms with Crippen LogP contribution in [-0.4, -0.2) is 56.3 Å². The van der Waals surface area contributed by atoms with Crippen molar-refractivity contribution in [3.63, 3.8) is 0 Å². The second-order valence-electron chi connectivity index (χ2n) is 9.60. The second kappa shape index (κ2) is 11.1. The van der Waals surface area contributed by atoms with Crippen molar-refractivity contribution in [1.82, 2.24) is 10.2 Å². The third-order valence-electron chi connectivity index (χ3n) is 7.08. The van der Waals surface area contributed by atoms with Crippen LogP contribution in [-0.2, 0) is 4.74 Å². The summed E-state index contributed by atoms with van der Waals surface area (Å²) in [5, 5.41) is 6.08. The van der Waals surface area contributed by atoms with E-state index < -0.39 is 0 Å². The molecule has 2 aliphatic rings. The minimum Gasteiger partial charge on any atom is -0.489 e. The number of fused-ring (bicyclic) bond motifs is 1. The number of esters is 1. The lowest BCUT2D eigenvalue weighted by Gasteiger charge is -2.32. The van der Waals surface area contributed by atoms with Crippen molar-refractivity contribution >= 4 is 22.8 Å². The van der Waals surface area contributed by atoms with Crippen LogP contribution < -0.4 is 10.1 Å². The molecule has 0 radical (unpaired) electrons. The summed E-state index contributed by atoms with van der Waals surface area (Å²) in [6.07, 6.45) is 7.32. The van der Waals surface area contributed by atoms with Crippen LogP contribution in [0.4, 0.5) is 0 Å². The maximum atomic E-state index is 11.8. The fourth-order valence-electron chi connectivity index (χ4n) is 4.89. The van der Waals surface area contributed by atoms with Gasteiger partial charge in [0, 0.05) is 24.0 Å². The normalized spacial score (nSPS) is 17.5. The Bertz CT molecular complexity index is 1170. The fourth-order valence-corrected chi connectivity index (χ4v) is 4.89. The van der Waals surface area contributed by atoms with Crippen LogP contribution in [0.1, 0.15) is 41.6 Å². The van der Waals surface area contributed by atoms with E-state index in [-0.39, 0.29) is 5.97 Å². The lowest BCUT2D eigenvalue weighted by atomic mass is 10.0. The largest absolute Gasteiger partial charge is 0.489 e. The summed E-state index contributed by atoms with van der Waals surface area (Å²) in [6, 6.07) is 23.4. The molecule has 1 aliphatic carbocycles. The van der Waals surface area contributed by atoms with Gasteiger partial charge in [0.1, 0.15) is 12.4 Å². The lowest BCUT2D eigenvalue weighted by molar-refractivity contribution is 0.0600. The highest BCUT2D eigenvalue weighted by molar-refractivity contribution is 5.89. The molecule has 1 saturated carbocycles. The molecular formula is C30H34N2O3. The van der Waals surface area contributed by atoms with Crippen molar-refractivity contribution in [1.29, 1.82) is 0 Å². The van der Waals surface area contributed by atoms with E-state index in [0.717, 1.165) is 29.3 Å². The summed E-state index contributed by atoms with van der Waals surface area (Å²) < 4.78 is 11.2. The predicted molar refractivity (Wildman–Crippen MR) is 141 cm³/mol. The van der Waals surface area contributed by atoms with E-state index in [4.69, 9.17) is 9.47 Å². The Labute approximate surface area is 207 Å². The molecule has 3 aromatic carbocycles. The highest BCUT2D eigenvalue weighted by atomic mass is 16.5. The Balaban J connectivity index is 1.28. The first-order chi connectivity index (χ1) is 17.2. The molecule has 2 fully saturated rings. The van der Waals surface area contributed by atoms with E-state index in [9.17, 15) is 4.79 Å². The standard InChI is InChI=1S/C30H34N2O3/c1-34-30(33)25-11-9-22(10-12-25)19-23(20-31-26-15-17-32(18-16-26)27-13-14-27)21-35-29-8-4-6-24-5-2-3-7-28(24)29/h2-12,19,26-27,31H,13-18,20-21H2,1H3. The molecule has 5 rings (SSSR count). The number of carbonyl (C=O) groups is 1. The van der Waals surface area contributed by atoms with Crippen LogP contribution >= 0.6 is 0 Å². The third kappa shape index (κ3) is 6.11. The zero-order valence-electron chi connectivity index (χ0n) is 20.4. The molecule has 1 N–H and O–H groups in total. The van der Waals surface area contributed by atoms with E-state index in [1.807, 2.05) is 48.5 Å². The summed E-state index contributed by atoms with van der Waals surface area (Å²) in [4.78, 5) is 14.4. The van der Waals surface area contributed by atoms with Gasteiger partial charge in [0.25, 0.3) is 0 Å². The first-order valence-electron chi connectivity index (χ1n) is 12.7. The van der Waals surface area contributed by atoms with E-state index in [2.05, 4.69) is 34.5 Å². The molecule has 5 heteroatoms. The quantitative estimate of drug-likeness (QED) is 0.430. The molecule has 0 spiro atoms. The monoisotopic (exact) mass is 470 g/mol. The van der Waals surface area contributed by atoms with Crippen molar-refractivity contribution < 1.29 is 14.3 Å². The topological polar surface area (TPSA) is 50.8 Å². The smallest absolute Gasteiger partial charge is 0.337 e. The van der Waals surface area contributed by atoms with E-state index >= 15 is 0 Å². The molecule has 1 aliphatic heterocycles. The van der Waals surface area contributed by atoms with Gasteiger partial charge in [-0.05, 0) is 73.5 Å². The fraction of sp³-hybridized carbons (Fsp3) is 0.367. The van der Waals surface area contributed by atoms with Crippen LogP contribution in [0.5, 0.6) is 5.75 Å². The highest BCUT2D eigenvalue weighted by Crippen LogP contribution is 2.29. The molecule has 182 valence electrons. The molecular weight excluding hydrogens is 436 g/mol. The number of piperidine rings is 1. The summed E-state index contributed by atoms with van der Waals surface area (Å²) in [5.74, 6) is 0.576. The molecule has 35 heavy (non-hydrogen) atoms. The average Bonchev–Trinajstić information content (AvgIpc) is 3.76. The van der Waals surface area contributed by atoms with Crippen molar-refractivity contribution in [2.24, 2.45) is 0 Å². The van der Waals surface area contributed by atoms with Gasteiger partial charge in [-0.3, -0.25) is 0 Å². The molecule has 1 heterocycles. The van der Waals surface area contributed by atoms with Crippen molar-refractivity contribution in [2.45, 2.75) is 37.8 Å². The number of carbonyl (C=O) groups excluding carboxylic acids is 1. The van der Waals surface area contributed by atoms with Gasteiger partial charge in [-0.15, -0.1) is 0 Å². The van der Waals surface area contributed by atoms with E-state index in [1.54, 1.807) is 0 Å². The number of likely N-dealkylation sites (tertiary alicyclic amines) is 1. The van der Waals surface area contributed by atoms with Crippen LogP contribution in [0.2, 0.25) is 0 Å². The number of ether oxygens (including phenoxy) is 2. The molecule has 3 aromatic rings. The number of hydrogen-bond acceptors (Lipinski definition) is 5. The van der Waals surface area contributed by atoms with Crippen LogP contribution in [0.15, 0.2) is 72.3 Å². The van der Waals surface area contributed by atoms with Crippen LogP contribution in [0.25, 0.3) is 16.8 Å². The molecule has 1 saturated heterocycles. The Kier molecular flexibility index (Phi) is 7.45. The van der Waals surface area contributed by atoms with Gasteiger partial charge < -0.3 is 19.7 Å². The van der Waals surface area contributed by atoms with Gasteiger partial charge in [-0.2, -0.15) is 0 Å². The number of nitrogens with zero attached hydrogens (tertiary/aromatic N) is 1. The number of nitrogens with one attached hydrogen (secondary N) is 1. The zero-order valence-corrected chi connectivity index (χ0v) is 20.4. The summed E-state index contributed by atoms with van der Waals surface area (Å²) in [5.41, 5.74) is 2.77. The minimum atomic E-state index is -0.320. The Morgan fingerprint density at radius 3 is 2.46 bits per heavy atom. The van der Waals surface area contributed by atoms with Gasteiger partial charge in [-0.1, -0.05) is 54.6 Å². The first-order valence-corrected chi connectivity index (χ1v) is 12.7. The number of methoxy groups -OCH3 is 1. The zero-order chi connectivity index (χ0) is 24.0. The molecule has 5 nitrogen and oxygen atoms in total. The van der Waals surface area contributed by atoms with Crippen LogP contribution in [0, 0.1) is 0 Å². The SMILES string of the molecule is COC(=O)c1ccc(C=C(CNC2CCN(C3CC3)CC2)COc2cccc3ccccc23)cc1. The van der Waals surface area contributed by atoms with Crippen LogP contribution in [0.3, 0.4) is 0 Å². The van der Waals surface area contributed by atoms with Crippen molar-refractivity contribution in [3.8, 4) is 5.75 Å². The average molecular weight is 471 g/mol. The molecule has 0 unspecified atom stereocenters. The Hall–Kier alpha value is -3.15. The van der Waals surface area contributed by atoms with Gasteiger partial charge in [-0.25, -0.2) is 4.79 Å². The summed E-state index contributed by atoms with van der Waals surface area (Å²) >= 11 is 0. The minimum absolute atomic E-state index is 0.320. The van der Waals surface area contributed by atoms with Crippen molar-refractivity contribution in [3.05, 3.63) is 83.4 Å². The van der Waals surface area contributed by atoms with Gasteiger partial charge >= 0.3 is 5.97 Å². The molecule has 0 amide bonds. The molecule has 0 atom stereocenters. The van der Waals surface area contributed by atoms with E-state index in [0.29, 0.717) is 18.2 Å². The van der Waals surface area contributed by atoms with Gasteiger partial charge in [0.15, 0.2) is 0 Å². The molecule has 0 bridgehead atoms. The summed E-state index contributed by atoms with van der Waals surface area (Å²) in [7, 11) is 1.40. The highest BCUT2D eigenvalue weighted by Gasteiger charge is 2.31. The summed E-state index contributed by atoms with van der Waals surface area (Å²) in [6.45, 7) is 3.67. The van der Waals surface area contributed by atoms with Crippen molar-refractivity contribution in [2.75, 3.05) is 33.4 Å². The van der Waals surface area contributed by atoms with Gasteiger partial charge in [0.05, 0.1) is 12.7 Å². The predicted octanol–water partition coefficient (Wildman–Crippen LogP) is 5.31. The Morgan fingerprint density at radius 2 is 1.71 bits per heavy atom. The molecule has 0 aromatic heterocycles. The Morgan fingerprint density at radius 1 is 0.971 bits per heavy atom. The lowest BCUT2D eigenvalue weighted by Crippen LogP contribution is -2.44. The second-order valence-corrected chi connectivity index (χ2v) is 9.60.